The number of benzene rings is 2. The van der Waals surface area contributed by atoms with E-state index in [1.54, 1.807) is 0 Å². The first-order valence-corrected chi connectivity index (χ1v) is 5.50. The van der Waals surface area contributed by atoms with Gasteiger partial charge in [0.15, 0.2) is 5.78 Å². The van der Waals surface area contributed by atoms with Crippen LogP contribution in [-0.2, 0) is 6.18 Å². The number of rotatable bonds is 2. The fraction of sp³-hybridized carbons (Fsp3) is 0.0714. The van der Waals surface area contributed by atoms with Crippen molar-refractivity contribution in [3.63, 3.8) is 0 Å². The van der Waals surface area contributed by atoms with Gasteiger partial charge in [0.05, 0.1) is 16.7 Å². The van der Waals surface area contributed by atoms with E-state index in [1.807, 2.05) is 0 Å². The van der Waals surface area contributed by atoms with Gasteiger partial charge in [-0.2, -0.15) is 13.2 Å². The van der Waals surface area contributed by atoms with Gasteiger partial charge in [-0.15, -0.1) is 0 Å². The molecular formula is C14H8F4O2. The van der Waals surface area contributed by atoms with Gasteiger partial charge >= 0.3 is 6.18 Å². The maximum atomic E-state index is 13.5. The summed E-state index contributed by atoms with van der Waals surface area (Å²) in [5.41, 5.74) is -2.08. The number of phenolic OH excluding ortho intramolecular Hbond substituents is 1. The Morgan fingerprint density at radius 3 is 2.25 bits per heavy atom. The van der Waals surface area contributed by atoms with Crippen LogP contribution in [0.1, 0.15) is 21.5 Å². The topological polar surface area (TPSA) is 37.3 Å². The van der Waals surface area contributed by atoms with E-state index in [9.17, 15) is 27.5 Å². The fourth-order valence-corrected chi connectivity index (χ4v) is 1.68. The van der Waals surface area contributed by atoms with E-state index in [4.69, 9.17) is 0 Å². The standard InChI is InChI=1S/C14H8F4O2/c15-11-4-2-1-3-9(11)13(20)10-7-8(14(16,17)18)5-6-12(10)19/h1-7,19H. The third-order valence-electron chi connectivity index (χ3n) is 2.69. The lowest BCUT2D eigenvalue weighted by molar-refractivity contribution is -0.137. The summed E-state index contributed by atoms with van der Waals surface area (Å²) in [4.78, 5) is 12.0. The van der Waals surface area contributed by atoms with E-state index in [1.165, 1.54) is 12.1 Å². The lowest BCUT2D eigenvalue weighted by atomic mass is 10.00. The number of hydrogen-bond donors (Lipinski definition) is 1. The van der Waals surface area contributed by atoms with Crippen LogP contribution < -0.4 is 0 Å². The molecule has 0 unspecified atom stereocenters. The summed E-state index contributed by atoms with van der Waals surface area (Å²) in [6.07, 6.45) is -4.65. The Morgan fingerprint density at radius 2 is 1.65 bits per heavy atom. The maximum absolute atomic E-state index is 13.5. The summed E-state index contributed by atoms with van der Waals surface area (Å²) in [6.45, 7) is 0. The molecule has 1 N–H and O–H groups in total. The average Bonchev–Trinajstić information content (AvgIpc) is 2.37. The number of phenols is 1. The highest BCUT2D eigenvalue weighted by atomic mass is 19.4. The third-order valence-corrected chi connectivity index (χ3v) is 2.69. The number of halogens is 4. The van der Waals surface area contributed by atoms with Crippen molar-refractivity contribution < 1.29 is 27.5 Å². The molecule has 104 valence electrons. The van der Waals surface area contributed by atoms with Gasteiger partial charge in [0, 0.05) is 0 Å². The number of hydrogen-bond acceptors (Lipinski definition) is 2. The first-order valence-electron chi connectivity index (χ1n) is 5.50. The first kappa shape index (κ1) is 14.0. The highest BCUT2D eigenvalue weighted by Crippen LogP contribution is 2.33. The molecule has 0 atom stereocenters. The van der Waals surface area contributed by atoms with Crippen molar-refractivity contribution >= 4 is 5.78 Å². The highest BCUT2D eigenvalue weighted by molar-refractivity contribution is 6.10. The molecule has 20 heavy (non-hydrogen) atoms. The van der Waals surface area contributed by atoms with E-state index in [-0.39, 0.29) is 0 Å². The van der Waals surface area contributed by atoms with Crippen molar-refractivity contribution in [3.05, 3.63) is 65.0 Å². The van der Waals surface area contributed by atoms with Crippen LogP contribution in [-0.4, -0.2) is 10.9 Å². The minimum Gasteiger partial charge on any atom is -0.507 e. The van der Waals surface area contributed by atoms with Crippen LogP contribution in [0.4, 0.5) is 17.6 Å². The van der Waals surface area contributed by atoms with Crippen molar-refractivity contribution in [3.8, 4) is 5.75 Å². The Kier molecular flexibility index (Phi) is 3.48. The van der Waals surface area contributed by atoms with E-state index < -0.39 is 40.2 Å². The first-order chi connectivity index (χ1) is 9.30. The molecule has 0 fully saturated rings. The monoisotopic (exact) mass is 284 g/mol. The molecule has 6 heteroatoms. The molecule has 0 amide bonds. The second kappa shape index (κ2) is 4.96. The van der Waals surface area contributed by atoms with E-state index in [0.717, 1.165) is 18.2 Å². The van der Waals surface area contributed by atoms with Gasteiger partial charge in [-0.3, -0.25) is 4.79 Å². The van der Waals surface area contributed by atoms with E-state index >= 15 is 0 Å². The molecule has 0 aliphatic heterocycles. The van der Waals surface area contributed by atoms with Crippen LogP contribution in [0.15, 0.2) is 42.5 Å². The molecule has 0 bridgehead atoms. The minimum absolute atomic E-state index is 0.401. The van der Waals surface area contributed by atoms with Gasteiger partial charge in [-0.1, -0.05) is 12.1 Å². The molecule has 0 aliphatic carbocycles. The zero-order chi connectivity index (χ0) is 14.9. The van der Waals surface area contributed by atoms with Crippen LogP contribution in [0, 0.1) is 5.82 Å². The van der Waals surface area contributed by atoms with E-state index in [0.29, 0.717) is 12.1 Å². The van der Waals surface area contributed by atoms with Gasteiger partial charge in [-0.25, -0.2) is 4.39 Å². The summed E-state index contributed by atoms with van der Waals surface area (Å²) in [5.74, 6) is -2.51. The summed E-state index contributed by atoms with van der Waals surface area (Å²) < 4.78 is 51.2. The van der Waals surface area contributed by atoms with Gasteiger partial charge < -0.3 is 5.11 Å². The zero-order valence-electron chi connectivity index (χ0n) is 9.91. The second-order valence-electron chi connectivity index (χ2n) is 4.04. The highest BCUT2D eigenvalue weighted by Gasteiger charge is 2.32. The maximum Gasteiger partial charge on any atom is 0.416 e. The molecule has 0 aromatic heterocycles. The number of alkyl halides is 3. The third kappa shape index (κ3) is 2.64. The quantitative estimate of drug-likeness (QED) is 0.673. The smallest absolute Gasteiger partial charge is 0.416 e. The van der Waals surface area contributed by atoms with Crippen LogP contribution >= 0.6 is 0 Å². The fourth-order valence-electron chi connectivity index (χ4n) is 1.68. The van der Waals surface area contributed by atoms with Crippen molar-refractivity contribution in [1.29, 1.82) is 0 Å². The molecule has 2 nitrogen and oxygen atoms in total. The Labute approximate surface area is 111 Å². The minimum atomic E-state index is -4.65. The Balaban J connectivity index is 2.53. The average molecular weight is 284 g/mol. The predicted molar refractivity (Wildman–Crippen MR) is 62.9 cm³/mol. The summed E-state index contributed by atoms with van der Waals surface area (Å²) in [5, 5.41) is 9.51. The number of carbonyl (C=O) groups is 1. The van der Waals surface area contributed by atoms with Gasteiger partial charge in [0.25, 0.3) is 0 Å². The molecule has 2 aromatic carbocycles. The molecule has 0 saturated carbocycles. The molecule has 2 rings (SSSR count). The SMILES string of the molecule is O=C(c1cc(C(F)(F)F)ccc1O)c1ccccc1F. The molecular weight excluding hydrogens is 276 g/mol. The van der Waals surface area contributed by atoms with Crippen molar-refractivity contribution in [2.24, 2.45) is 0 Å². The molecule has 0 heterocycles. The van der Waals surface area contributed by atoms with Crippen LogP contribution in [0.3, 0.4) is 0 Å². The van der Waals surface area contributed by atoms with Crippen molar-refractivity contribution in [2.45, 2.75) is 6.18 Å². The zero-order valence-corrected chi connectivity index (χ0v) is 9.91. The lowest BCUT2D eigenvalue weighted by Gasteiger charge is -2.10. The Bertz CT molecular complexity index is 662. The van der Waals surface area contributed by atoms with Crippen LogP contribution in [0.2, 0.25) is 0 Å². The molecule has 0 saturated heterocycles. The van der Waals surface area contributed by atoms with Crippen LogP contribution in [0.5, 0.6) is 5.75 Å². The number of ketones is 1. The van der Waals surface area contributed by atoms with Gasteiger partial charge in [-0.05, 0) is 30.3 Å². The number of carbonyl (C=O) groups excluding carboxylic acids is 1. The largest absolute Gasteiger partial charge is 0.507 e. The molecule has 2 aromatic rings. The summed E-state index contributed by atoms with van der Waals surface area (Å²) in [6, 6.07) is 6.78. The lowest BCUT2D eigenvalue weighted by Crippen LogP contribution is -2.09. The van der Waals surface area contributed by atoms with Crippen LogP contribution in [0.25, 0.3) is 0 Å². The van der Waals surface area contributed by atoms with Gasteiger partial charge in [0.1, 0.15) is 11.6 Å². The summed E-state index contributed by atoms with van der Waals surface area (Å²) in [7, 11) is 0. The van der Waals surface area contributed by atoms with Crippen molar-refractivity contribution in [2.75, 3.05) is 0 Å². The Morgan fingerprint density at radius 1 is 1.00 bits per heavy atom. The van der Waals surface area contributed by atoms with E-state index in [2.05, 4.69) is 0 Å². The van der Waals surface area contributed by atoms with Gasteiger partial charge in [0.2, 0.25) is 0 Å². The second-order valence-corrected chi connectivity index (χ2v) is 4.04. The molecule has 0 spiro atoms. The number of aromatic hydroxyl groups is 1. The Hall–Kier alpha value is -2.37. The normalized spacial score (nSPS) is 11.4. The van der Waals surface area contributed by atoms with Crippen molar-refractivity contribution in [1.82, 2.24) is 0 Å². The predicted octanol–water partition coefficient (Wildman–Crippen LogP) is 3.78. The molecule has 0 aliphatic rings. The summed E-state index contributed by atoms with van der Waals surface area (Å²) >= 11 is 0. The molecule has 0 radical (unpaired) electrons.